The maximum absolute atomic E-state index is 6.07. The molecule has 0 amide bonds. The molecule has 9 heteroatoms. The molecule has 14 heavy (non-hydrogen) atoms. The Morgan fingerprint density at radius 2 is 1.29 bits per heavy atom. The van der Waals surface area contributed by atoms with Crippen LogP contribution >= 0.6 is 15.4 Å². The molecule has 0 atom stereocenters. The number of nitrogens with two attached hydrogens (primary N) is 1. The van der Waals surface area contributed by atoms with Crippen molar-refractivity contribution in [2.75, 3.05) is 35.2 Å². The van der Waals surface area contributed by atoms with Gasteiger partial charge in [0, 0.05) is 0 Å². The molecule has 0 saturated heterocycles. The average Bonchev–Trinajstić information content (AvgIpc) is 2.26. The average molecular weight is 243 g/mol. The van der Waals surface area contributed by atoms with E-state index in [0.717, 1.165) is 0 Å². The molecule has 0 radical (unpaired) electrons. The summed E-state index contributed by atoms with van der Waals surface area (Å²) in [6.45, 7) is 0. The van der Waals surface area contributed by atoms with Gasteiger partial charge in [-0.3, -0.25) is 0 Å². The monoisotopic (exact) mass is 243 g/mol. The van der Waals surface area contributed by atoms with Crippen LogP contribution in [0, 0.1) is 0 Å². The van der Waals surface area contributed by atoms with Crippen LogP contribution in [0.4, 0.5) is 0 Å². The van der Waals surface area contributed by atoms with Gasteiger partial charge >= 0.3 is 86.1 Å². The van der Waals surface area contributed by atoms with Gasteiger partial charge in [0.05, 0.1) is 0 Å². The summed E-state index contributed by atoms with van der Waals surface area (Å²) < 4.78 is 4.60. The van der Waals surface area contributed by atoms with Crippen LogP contribution < -0.4 is 30.9 Å². The quantitative estimate of drug-likeness (QED) is 0.348. The Morgan fingerprint density at radius 1 is 0.929 bits per heavy atom. The Kier molecular flexibility index (Phi) is 6.28. The molecule has 0 aliphatic heterocycles. The Bertz CT molecular complexity index is 195. The molecule has 0 unspecified atom stereocenters. The van der Waals surface area contributed by atoms with Gasteiger partial charge in [0.25, 0.3) is 0 Å². The fourth-order valence-corrected chi connectivity index (χ4v) is 5.76. The van der Waals surface area contributed by atoms with E-state index in [1.807, 2.05) is 35.2 Å². The summed E-state index contributed by atoms with van der Waals surface area (Å²) in [7, 11) is 4.85. The van der Waals surface area contributed by atoms with Crippen LogP contribution in [0.3, 0.4) is 0 Å². The molecule has 88 valence electrons. The van der Waals surface area contributed by atoms with Crippen LogP contribution in [0.15, 0.2) is 4.52 Å². The topological polar surface area (TPSA) is 98.5 Å². The van der Waals surface area contributed by atoms with E-state index in [4.69, 9.17) is 5.50 Å². The number of hydrogen-bond donors (Lipinski definition) is 6. The van der Waals surface area contributed by atoms with Gasteiger partial charge in [-0.2, -0.15) is 0 Å². The van der Waals surface area contributed by atoms with Crippen LogP contribution in [0.2, 0.25) is 0 Å². The first kappa shape index (κ1) is 14.4. The molecule has 0 spiro atoms. The predicted octanol–water partition coefficient (Wildman–Crippen LogP) is -0.602. The minimum absolute atomic E-state index is 1.81. The van der Waals surface area contributed by atoms with Gasteiger partial charge in [0.15, 0.2) is 0 Å². The third-order valence-corrected chi connectivity index (χ3v) is 7.97. The summed E-state index contributed by atoms with van der Waals surface area (Å²) in [4.78, 5) is 0. The summed E-state index contributed by atoms with van der Waals surface area (Å²) in [6, 6.07) is 0. The van der Waals surface area contributed by atoms with Gasteiger partial charge in [-0.25, -0.2) is 0 Å². The standard InChI is InChI=1S/C5H23N7P2/c1-7-13(6,8-2)12-14(9-3,10-4)11-5/h7-11,13H,6H2,1-5H3. The maximum atomic E-state index is 6.07. The van der Waals surface area contributed by atoms with E-state index in [0.29, 0.717) is 0 Å². The zero-order valence-electron chi connectivity index (χ0n) is 9.47. The number of nitrogens with one attached hydrogen (secondary N) is 5. The van der Waals surface area contributed by atoms with Gasteiger partial charge < -0.3 is 0 Å². The van der Waals surface area contributed by atoms with E-state index in [-0.39, 0.29) is 0 Å². The SMILES string of the molecule is CNP(=N[PH](N)(NC)NC)(NC)NC. The first-order valence-electron chi connectivity index (χ1n) is 4.38. The molecular formula is C5H23N7P2. The third kappa shape index (κ3) is 3.53. The molecule has 0 aliphatic carbocycles. The van der Waals surface area contributed by atoms with Crippen molar-refractivity contribution in [2.45, 2.75) is 0 Å². The van der Waals surface area contributed by atoms with E-state index in [9.17, 15) is 0 Å². The van der Waals surface area contributed by atoms with Crippen LogP contribution in [0.5, 0.6) is 0 Å². The summed E-state index contributed by atoms with van der Waals surface area (Å²) >= 11 is 0. The summed E-state index contributed by atoms with van der Waals surface area (Å²) in [5, 5.41) is 15.5. The molecule has 7 N–H and O–H groups in total. The Morgan fingerprint density at radius 3 is 1.50 bits per heavy atom. The molecule has 0 fully saturated rings. The van der Waals surface area contributed by atoms with Crippen LogP contribution in [0.25, 0.3) is 0 Å². The minimum atomic E-state index is -2.41. The molecule has 0 rings (SSSR count). The van der Waals surface area contributed by atoms with Crippen molar-refractivity contribution in [1.82, 2.24) is 25.4 Å². The van der Waals surface area contributed by atoms with E-state index >= 15 is 0 Å². The Balaban J connectivity index is 5.05. The molecule has 7 nitrogen and oxygen atoms in total. The molecular weight excluding hydrogens is 220 g/mol. The molecule has 0 saturated carbocycles. The first-order chi connectivity index (χ1) is 6.51. The van der Waals surface area contributed by atoms with Crippen LogP contribution in [-0.2, 0) is 0 Å². The second-order valence-electron chi connectivity index (χ2n) is 2.67. The summed E-state index contributed by atoms with van der Waals surface area (Å²) in [5.74, 6) is 0. The zero-order chi connectivity index (χ0) is 11.2. The van der Waals surface area contributed by atoms with Crippen molar-refractivity contribution in [1.29, 1.82) is 0 Å². The Hall–Kier alpha value is 0.420. The first-order valence-corrected chi connectivity index (χ1v) is 8.15. The van der Waals surface area contributed by atoms with E-state index in [1.165, 1.54) is 0 Å². The zero-order valence-corrected chi connectivity index (χ0v) is 11.4. The predicted molar refractivity (Wildman–Crippen MR) is 67.1 cm³/mol. The molecule has 0 aromatic rings. The Labute approximate surface area is 86.8 Å². The second-order valence-corrected chi connectivity index (χ2v) is 8.62. The summed E-state index contributed by atoms with van der Waals surface area (Å²) in [6.07, 6.45) is 0. The molecule has 0 bridgehead atoms. The van der Waals surface area contributed by atoms with Gasteiger partial charge in [0.1, 0.15) is 0 Å². The number of hydrogen-bond acceptors (Lipinski definition) is 4. The van der Waals surface area contributed by atoms with Crippen molar-refractivity contribution in [3.05, 3.63) is 0 Å². The molecule has 0 aliphatic rings. The van der Waals surface area contributed by atoms with Gasteiger partial charge in [-0.05, 0) is 0 Å². The third-order valence-electron chi connectivity index (χ3n) is 2.04. The fourth-order valence-electron chi connectivity index (χ4n) is 0.947. The van der Waals surface area contributed by atoms with Crippen LogP contribution in [-0.4, -0.2) is 35.2 Å². The molecule has 0 heterocycles. The van der Waals surface area contributed by atoms with E-state index < -0.39 is 15.4 Å². The molecule has 0 aromatic heterocycles. The van der Waals surface area contributed by atoms with Crippen LogP contribution in [0.1, 0.15) is 0 Å². The van der Waals surface area contributed by atoms with Crippen molar-refractivity contribution >= 4 is 15.4 Å². The molecule has 0 aromatic carbocycles. The number of nitrogens with zero attached hydrogens (tertiary/aromatic N) is 1. The van der Waals surface area contributed by atoms with Gasteiger partial charge in [-0.1, -0.05) is 0 Å². The van der Waals surface area contributed by atoms with Crippen molar-refractivity contribution in [3.63, 3.8) is 0 Å². The van der Waals surface area contributed by atoms with Crippen molar-refractivity contribution in [2.24, 2.45) is 10.0 Å². The fraction of sp³-hybridized carbons (Fsp3) is 1.00. The second kappa shape index (κ2) is 6.10. The number of rotatable bonds is 6. The van der Waals surface area contributed by atoms with Crippen molar-refractivity contribution < 1.29 is 0 Å². The van der Waals surface area contributed by atoms with E-state index in [1.54, 1.807) is 0 Å². The van der Waals surface area contributed by atoms with E-state index in [2.05, 4.69) is 30.0 Å². The normalized spacial score (nSPS) is 14.1. The van der Waals surface area contributed by atoms with Crippen molar-refractivity contribution in [3.8, 4) is 0 Å². The summed E-state index contributed by atoms with van der Waals surface area (Å²) in [5.41, 5.74) is 6.07. The van der Waals surface area contributed by atoms with Gasteiger partial charge in [0.2, 0.25) is 0 Å². The van der Waals surface area contributed by atoms with Gasteiger partial charge in [-0.15, -0.1) is 0 Å².